The first-order valence-corrected chi connectivity index (χ1v) is 10.9. The Balaban J connectivity index is 0.00000363. The Labute approximate surface area is 207 Å². The van der Waals surface area contributed by atoms with Crippen molar-refractivity contribution in [1.29, 1.82) is 0 Å². The molecule has 0 atom stereocenters. The molecule has 2 heterocycles. The average Bonchev–Trinajstić information content (AvgIpc) is 3.33. The molecule has 32 heavy (non-hydrogen) atoms. The molecule has 1 aromatic carbocycles. The number of aliphatic imine (C=N–C) groups is 1. The molecule has 9 heteroatoms. The zero-order chi connectivity index (χ0) is 21.6. The smallest absolute Gasteiger partial charge is 0.191 e. The second-order valence-electron chi connectivity index (χ2n) is 7.29. The predicted molar refractivity (Wildman–Crippen MR) is 136 cm³/mol. The van der Waals surface area contributed by atoms with Crippen molar-refractivity contribution in [2.75, 3.05) is 59.7 Å². The van der Waals surface area contributed by atoms with Gasteiger partial charge in [-0.3, -0.25) is 9.89 Å². The van der Waals surface area contributed by atoms with E-state index >= 15 is 0 Å². The Morgan fingerprint density at radius 1 is 1.12 bits per heavy atom. The van der Waals surface area contributed by atoms with Crippen LogP contribution < -0.4 is 15.4 Å². The highest BCUT2D eigenvalue weighted by molar-refractivity contribution is 14.0. The van der Waals surface area contributed by atoms with E-state index in [2.05, 4.69) is 32.7 Å². The van der Waals surface area contributed by atoms with Gasteiger partial charge in [-0.15, -0.1) is 24.0 Å². The van der Waals surface area contributed by atoms with Crippen molar-refractivity contribution >= 4 is 29.9 Å². The van der Waals surface area contributed by atoms with Gasteiger partial charge < -0.3 is 29.3 Å². The second-order valence-corrected chi connectivity index (χ2v) is 7.29. The summed E-state index contributed by atoms with van der Waals surface area (Å²) in [4.78, 5) is 6.64. The van der Waals surface area contributed by atoms with Crippen LogP contribution in [0, 0.1) is 0 Å². The molecule has 3 rings (SSSR count). The molecule has 1 fully saturated rings. The van der Waals surface area contributed by atoms with E-state index in [4.69, 9.17) is 18.6 Å². The molecule has 1 aromatic heterocycles. The minimum atomic E-state index is 0. The van der Waals surface area contributed by atoms with Gasteiger partial charge in [0.1, 0.15) is 24.7 Å². The van der Waals surface area contributed by atoms with E-state index in [1.807, 2.05) is 24.3 Å². The second kappa shape index (κ2) is 15.9. The molecular weight excluding hydrogens is 523 g/mol. The highest BCUT2D eigenvalue weighted by atomic mass is 127. The number of guanidine groups is 1. The van der Waals surface area contributed by atoms with Crippen LogP contribution in [0.3, 0.4) is 0 Å². The summed E-state index contributed by atoms with van der Waals surface area (Å²) in [7, 11) is 1.77. The Morgan fingerprint density at radius 2 is 2.00 bits per heavy atom. The maximum atomic E-state index is 5.94. The van der Waals surface area contributed by atoms with Gasteiger partial charge in [-0.1, -0.05) is 12.1 Å². The third-order valence-electron chi connectivity index (χ3n) is 4.94. The van der Waals surface area contributed by atoms with Crippen molar-refractivity contribution in [3.8, 4) is 5.75 Å². The lowest BCUT2D eigenvalue weighted by molar-refractivity contribution is 0.0322. The quantitative estimate of drug-likeness (QED) is 0.180. The lowest BCUT2D eigenvalue weighted by Crippen LogP contribution is -2.38. The molecule has 8 nitrogen and oxygen atoms in total. The summed E-state index contributed by atoms with van der Waals surface area (Å²) >= 11 is 0. The molecule has 0 amide bonds. The molecule has 0 bridgehead atoms. The van der Waals surface area contributed by atoms with E-state index in [0.29, 0.717) is 26.4 Å². The van der Waals surface area contributed by atoms with Crippen molar-refractivity contribution in [2.45, 2.75) is 19.6 Å². The summed E-state index contributed by atoms with van der Waals surface area (Å²) in [5, 5.41) is 6.65. The van der Waals surface area contributed by atoms with Gasteiger partial charge in [0, 0.05) is 46.4 Å². The van der Waals surface area contributed by atoms with Crippen LogP contribution in [0.1, 0.15) is 17.7 Å². The number of hydrogen-bond acceptors (Lipinski definition) is 6. The monoisotopic (exact) mass is 558 g/mol. The highest BCUT2D eigenvalue weighted by Crippen LogP contribution is 2.13. The van der Waals surface area contributed by atoms with Crippen LogP contribution in [0.4, 0.5) is 0 Å². The van der Waals surface area contributed by atoms with Gasteiger partial charge in [0.05, 0.1) is 19.5 Å². The van der Waals surface area contributed by atoms with E-state index in [-0.39, 0.29) is 24.0 Å². The number of nitrogens with one attached hydrogen (secondary N) is 2. The van der Waals surface area contributed by atoms with E-state index in [9.17, 15) is 0 Å². The predicted octanol–water partition coefficient (Wildman–Crippen LogP) is 2.88. The van der Waals surface area contributed by atoms with Crippen molar-refractivity contribution in [1.82, 2.24) is 15.5 Å². The molecule has 0 spiro atoms. The summed E-state index contributed by atoms with van der Waals surface area (Å²) in [6.45, 7) is 7.82. The average molecular weight is 558 g/mol. The molecule has 0 saturated carbocycles. The molecular formula is C23H35IN4O4. The Morgan fingerprint density at radius 3 is 2.78 bits per heavy atom. The SMILES string of the molecule is CN=C(NCCCOCc1ccco1)NCc1cccc(OCCN2CCOCC2)c1.I. The van der Waals surface area contributed by atoms with Crippen molar-refractivity contribution in [3.05, 3.63) is 54.0 Å². The van der Waals surface area contributed by atoms with Gasteiger partial charge in [-0.25, -0.2) is 0 Å². The van der Waals surface area contributed by atoms with E-state index < -0.39 is 0 Å². The number of ether oxygens (including phenoxy) is 3. The van der Waals surface area contributed by atoms with E-state index in [0.717, 1.165) is 68.8 Å². The lowest BCUT2D eigenvalue weighted by atomic mass is 10.2. The van der Waals surface area contributed by atoms with Gasteiger partial charge in [0.25, 0.3) is 0 Å². The third-order valence-corrected chi connectivity index (χ3v) is 4.94. The summed E-state index contributed by atoms with van der Waals surface area (Å²) in [5.41, 5.74) is 1.15. The topological polar surface area (TPSA) is 80.5 Å². The van der Waals surface area contributed by atoms with Gasteiger partial charge in [0.2, 0.25) is 0 Å². The number of halogens is 1. The van der Waals surface area contributed by atoms with Gasteiger partial charge >= 0.3 is 0 Å². The van der Waals surface area contributed by atoms with Gasteiger partial charge in [-0.05, 0) is 36.2 Å². The first-order valence-electron chi connectivity index (χ1n) is 10.9. The largest absolute Gasteiger partial charge is 0.492 e. The molecule has 2 N–H and O–H groups in total. The van der Waals surface area contributed by atoms with Crippen LogP contribution in [-0.2, 0) is 22.6 Å². The number of furan rings is 1. The standard InChI is InChI=1S/C23H34N4O4.HI/c1-24-23(25-8-4-12-29-19-22-7-3-13-30-22)26-18-20-5-2-6-21(17-20)31-16-11-27-9-14-28-15-10-27;/h2-3,5-7,13,17H,4,8-12,14-16,18-19H2,1H3,(H2,24,25,26);1H. The van der Waals surface area contributed by atoms with Crippen LogP contribution in [0.5, 0.6) is 5.75 Å². The van der Waals surface area contributed by atoms with Crippen molar-refractivity contribution < 1.29 is 18.6 Å². The third kappa shape index (κ3) is 10.2. The van der Waals surface area contributed by atoms with Crippen LogP contribution in [-0.4, -0.2) is 70.5 Å². The zero-order valence-corrected chi connectivity index (χ0v) is 21.1. The van der Waals surface area contributed by atoms with Gasteiger partial charge in [0.15, 0.2) is 5.96 Å². The summed E-state index contributed by atoms with van der Waals surface area (Å²) in [5.74, 6) is 2.51. The summed E-state index contributed by atoms with van der Waals surface area (Å²) in [6.07, 6.45) is 2.54. The lowest BCUT2D eigenvalue weighted by Gasteiger charge is -2.26. The van der Waals surface area contributed by atoms with Crippen LogP contribution in [0.25, 0.3) is 0 Å². The normalized spacial score (nSPS) is 14.6. The first kappa shape index (κ1) is 26.4. The number of benzene rings is 1. The fraction of sp³-hybridized carbons (Fsp3) is 0.522. The minimum Gasteiger partial charge on any atom is -0.492 e. The molecule has 0 aliphatic carbocycles. The molecule has 1 aliphatic rings. The summed E-state index contributed by atoms with van der Waals surface area (Å²) < 4.78 is 22.1. The molecule has 0 radical (unpaired) electrons. The Kier molecular flexibility index (Phi) is 13.1. The molecule has 1 aliphatic heterocycles. The number of hydrogen-bond donors (Lipinski definition) is 2. The minimum absolute atomic E-state index is 0. The molecule has 1 saturated heterocycles. The molecule has 0 unspecified atom stereocenters. The number of morpholine rings is 1. The molecule has 2 aromatic rings. The summed E-state index contributed by atoms with van der Waals surface area (Å²) in [6, 6.07) is 11.9. The van der Waals surface area contributed by atoms with E-state index in [1.54, 1.807) is 13.3 Å². The van der Waals surface area contributed by atoms with Gasteiger partial charge in [-0.2, -0.15) is 0 Å². The maximum Gasteiger partial charge on any atom is 0.191 e. The van der Waals surface area contributed by atoms with Crippen LogP contribution in [0.2, 0.25) is 0 Å². The Bertz CT molecular complexity index is 767. The zero-order valence-electron chi connectivity index (χ0n) is 18.8. The van der Waals surface area contributed by atoms with Crippen molar-refractivity contribution in [3.63, 3.8) is 0 Å². The highest BCUT2D eigenvalue weighted by Gasteiger charge is 2.09. The van der Waals surface area contributed by atoms with E-state index in [1.165, 1.54) is 0 Å². The number of rotatable bonds is 12. The number of nitrogens with zero attached hydrogens (tertiary/aromatic N) is 2. The Hall–Kier alpha value is -1.82. The van der Waals surface area contributed by atoms with Crippen molar-refractivity contribution in [2.24, 2.45) is 4.99 Å². The maximum absolute atomic E-state index is 5.94. The molecule has 178 valence electrons. The van der Waals surface area contributed by atoms with Crippen LogP contribution in [0.15, 0.2) is 52.1 Å². The first-order chi connectivity index (χ1) is 15.3. The fourth-order valence-corrected chi connectivity index (χ4v) is 3.22. The fourth-order valence-electron chi connectivity index (χ4n) is 3.22. The van der Waals surface area contributed by atoms with Crippen LogP contribution >= 0.6 is 24.0 Å².